The number of rotatable bonds is 4. The molecule has 1 amide bonds. The number of amides is 1. The Morgan fingerprint density at radius 3 is 2.73 bits per heavy atom. The molecule has 2 heterocycles. The Kier molecular flexibility index (Phi) is 4.24. The van der Waals surface area contributed by atoms with Crippen molar-refractivity contribution in [3.05, 3.63) is 65.2 Å². The van der Waals surface area contributed by atoms with Gasteiger partial charge in [-0.25, -0.2) is 0 Å². The Balaban J connectivity index is 1.65. The van der Waals surface area contributed by atoms with E-state index in [1.54, 1.807) is 13.0 Å². The summed E-state index contributed by atoms with van der Waals surface area (Å²) in [6.07, 6.45) is 2.90. The summed E-state index contributed by atoms with van der Waals surface area (Å²) in [6.45, 7) is 3.62. The molecule has 3 aromatic rings. The van der Waals surface area contributed by atoms with Gasteiger partial charge in [0.25, 0.3) is 5.91 Å². The van der Waals surface area contributed by atoms with Crippen LogP contribution in [0.15, 0.2) is 47.0 Å². The first-order valence-electron chi connectivity index (χ1n) is 8.92. The molecule has 0 unspecified atom stereocenters. The number of para-hydroxylation sites is 1. The van der Waals surface area contributed by atoms with Crippen molar-refractivity contribution >= 4 is 16.8 Å². The van der Waals surface area contributed by atoms with Gasteiger partial charge in [0.15, 0.2) is 0 Å². The molecule has 0 bridgehead atoms. The number of hydrogen-bond donors (Lipinski definition) is 2. The van der Waals surface area contributed by atoms with Gasteiger partial charge in [-0.05, 0) is 56.4 Å². The number of carbonyl (C=O) groups excluding carboxylic acids is 1. The van der Waals surface area contributed by atoms with Crippen LogP contribution in [0.2, 0.25) is 0 Å². The van der Waals surface area contributed by atoms with Gasteiger partial charge in [-0.3, -0.25) is 9.78 Å². The predicted molar refractivity (Wildman–Crippen MR) is 98.9 cm³/mol. The monoisotopic (exact) mass is 350 g/mol. The maximum absolute atomic E-state index is 12.8. The van der Waals surface area contributed by atoms with Crippen molar-refractivity contribution < 1.29 is 14.3 Å². The van der Waals surface area contributed by atoms with Crippen LogP contribution in [0.5, 0.6) is 0 Å². The van der Waals surface area contributed by atoms with Gasteiger partial charge in [0.1, 0.15) is 11.5 Å². The van der Waals surface area contributed by atoms with E-state index >= 15 is 0 Å². The lowest BCUT2D eigenvalue weighted by Crippen LogP contribution is -2.41. The first-order valence-corrected chi connectivity index (χ1v) is 8.92. The van der Waals surface area contributed by atoms with Crippen molar-refractivity contribution in [3.8, 4) is 0 Å². The van der Waals surface area contributed by atoms with E-state index < -0.39 is 0 Å². The highest BCUT2D eigenvalue weighted by Gasteiger charge is 2.36. The normalized spacial score (nSPS) is 20.6. The van der Waals surface area contributed by atoms with Crippen LogP contribution < -0.4 is 5.32 Å². The number of aromatic nitrogens is 1. The molecule has 1 aliphatic rings. The van der Waals surface area contributed by atoms with Crippen LogP contribution in [0, 0.1) is 19.8 Å². The highest BCUT2D eigenvalue weighted by Crippen LogP contribution is 2.38. The highest BCUT2D eigenvalue weighted by molar-refractivity contribution is 5.95. The quantitative estimate of drug-likeness (QED) is 0.752. The summed E-state index contributed by atoms with van der Waals surface area (Å²) in [5.74, 6) is 1.38. The molecule has 134 valence electrons. The van der Waals surface area contributed by atoms with Crippen molar-refractivity contribution in [2.24, 2.45) is 5.92 Å². The molecule has 0 aliphatic heterocycles. The number of carbonyl (C=O) groups is 1. The number of hydrogen-bond acceptors (Lipinski definition) is 4. The van der Waals surface area contributed by atoms with Crippen molar-refractivity contribution in [2.45, 2.75) is 38.8 Å². The highest BCUT2D eigenvalue weighted by atomic mass is 16.3. The summed E-state index contributed by atoms with van der Waals surface area (Å²) in [5.41, 5.74) is 2.45. The molecule has 2 aromatic heterocycles. The van der Waals surface area contributed by atoms with Crippen molar-refractivity contribution in [2.75, 3.05) is 0 Å². The van der Waals surface area contributed by atoms with Gasteiger partial charge < -0.3 is 14.8 Å². The minimum absolute atomic E-state index is 0.154. The zero-order valence-corrected chi connectivity index (χ0v) is 14.9. The Morgan fingerprint density at radius 2 is 2.04 bits per heavy atom. The molecule has 0 saturated heterocycles. The molecule has 4 rings (SSSR count). The first-order chi connectivity index (χ1) is 12.5. The predicted octanol–water partition coefficient (Wildman–Crippen LogP) is 3.69. The molecule has 5 heteroatoms. The number of aryl methyl sites for hydroxylation is 2. The van der Waals surface area contributed by atoms with Crippen molar-refractivity contribution in [3.63, 3.8) is 0 Å². The van der Waals surface area contributed by atoms with Gasteiger partial charge in [-0.1, -0.05) is 18.2 Å². The van der Waals surface area contributed by atoms with Crippen LogP contribution >= 0.6 is 0 Å². The number of aliphatic hydroxyl groups excluding tert-OH is 1. The van der Waals surface area contributed by atoms with Crippen LogP contribution in [0.25, 0.3) is 10.9 Å². The average Bonchev–Trinajstić information content (AvgIpc) is 2.95. The molecule has 26 heavy (non-hydrogen) atoms. The van der Waals surface area contributed by atoms with Gasteiger partial charge in [0.05, 0.1) is 23.2 Å². The number of benzene rings is 1. The molecule has 1 aliphatic carbocycles. The van der Waals surface area contributed by atoms with Gasteiger partial charge >= 0.3 is 0 Å². The van der Waals surface area contributed by atoms with Gasteiger partial charge in [0, 0.05) is 11.6 Å². The lowest BCUT2D eigenvalue weighted by molar-refractivity contribution is 0.0235. The summed E-state index contributed by atoms with van der Waals surface area (Å²) in [4.78, 5) is 17.3. The maximum Gasteiger partial charge on any atom is 0.255 e. The Morgan fingerprint density at radius 1 is 1.27 bits per heavy atom. The van der Waals surface area contributed by atoms with Gasteiger partial charge in [-0.15, -0.1) is 0 Å². The van der Waals surface area contributed by atoms with E-state index in [2.05, 4.69) is 16.4 Å². The van der Waals surface area contributed by atoms with Crippen LogP contribution in [0.1, 0.15) is 46.3 Å². The SMILES string of the molecule is Cc1cc(C(=O)N[C@H](c2cnc3ccccc3c2)C2CC(O)C2)c(C)o1. The molecule has 1 fully saturated rings. The van der Waals surface area contributed by atoms with E-state index in [1.165, 1.54) is 0 Å². The zero-order chi connectivity index (χ0) is 18.3. The molecule has 1 aromatic carbocycles. The maximum atomic E-state index is 12.8. The number of furan rings is 1. The summed E-state index contributed by atoms with van der Waals surface area (Å²) in [5, 5.41) is 13.9. The topological polar surface area (TPSA) is 75.4 Å². The third-order valence-electron chi connectivity index (χ3n) is 5.16. The number of nitrogens with zero attached hydrogens (tertiary/aromatic N) is 1. The summed E-state index contributed by atoms with van der Waals surface area (Å²) in [7, 11) is 0. The van der Waals surface area contributed by atoms with Crippen molar-refractivity contribution in [1.82, 2.24) is 10.3 Å². The van der Waals surface area contributed by atoms with Crippen LogP contribution in [0.3, 0.4) is 0 Å². The zero-order valence-electron chi connectivity index (χ0n) is 14.9. The number of pyridine rings is 1. The molecule has 1 atom stereocenters. The first kappa shape index (κ1) is 16.8. The van der Waals surface area contributed by atoms with Gasteiger partial charge in [0.2, 0.25) is 0 Å². The Hall–Kier alpha value is -2.66. The number of nitrogens with one attached hydrogen (secondary N) is 1. The molecule has 2 N–H and O–H groups in total. The van der Waals surface area contributed by atoms with Crippen LogP contribution in [-0.2, 0) is 0 Å². The molecular formula is C21H22N2O3. The fourth-order valence-electron chi connectivity index (χ4n) is 3.71. The minimum Gasteiger partial charge on any atom is -0.466 e. The molecule has 5 nitrogen and oxygen atoms in total. The molecule has 0 radical (unpaired) electrons. The van der Waals surface area contributed by atoms with E-state index in [0.717, 1.165) is 22.2 Å². The average molecular weight is 350 g/mol. The second-order valence-electron chi connectivity index (χ2n) is 7.12. The fraction of sp³-hybridized carbons (Fsp3) is 0.333. The second-order valence-corrected chi connectivity index (χ2v) is 7.12. The summed E-state index contributed by atoms with van der Waals surface area (Å²) < 4.78 is 5.49. The largest absolute Gasteiger partial charge is 0.466 e. The third kappa shape index (κ3) is 3.10. The van der Waals surface area contributed by atoms with E-state index in [-0.39, 0.29) is 24.0 Å². The summed E-state index contributed by atoms with van der Waals surface area (Å²) in [6, 6.07) is 11.6. The minimum atomic E-state index is -0.286. The van der Waals surface area contributed by atoms with Crippen LogP contribution in [-0.4, -0.2) is 22.1 Å². The standard InChI is InChI=1S/C21H22N2O3/c1-12-7-18(13(2)26-12)21(25)23-20(15-9-17(24)10-15)16-8-14-5-3-4-6-19(14)22-11-16/h3-8,11,15,17,20,24H,9-10H2,1-2H3,(H,23,25)/t15?,17?,20-/m0/s1. The Bertz CT molecular complexity index is 957. The van der Waals surface area contributed by atoms with Gasteiger partial charge in [-0.2, -0.15) is 0 Å². The van der Waals surface area contributed by atoms with E-state index in [1.807, 2.05) is 37.4 Å². The second kappa shape index (κ2) is 6.57. The van der Waals surface area contributed by atoms with E-state index in [0.29, 0.717) is 24.2 Å². The molecule has 1 saturated carbocycles. The van der Waals surface area contributed by atoms with Crippen LogP contribution in [0.4, 0.5) is 0 Å². The van der Waals surface area contributed by atoms with E-state index in [4.69, 9.17) is 4.42 Å². The fourth-order valence-corrected chi connectivity index (χ4v) is 3.71. The lowest BCUT2D eigenvalue weighted by atomic mass is 9.75. The number of aliphatic hydroxyl groups is 1. The smallest absolute Gasteiger partial charge is 0.255 e. The number of fused-ring (bicyclic) bond motifs is 1. The Labute approximate surface area is 152 Å². The molecular weight excluding hydrogens is 328 g/mol. The van der Waals surface area contributed by atoms with E-state index in [9.17, 15) is 9.90 Å². The molecule has 0 spiro atoms. The third-order valence-corrected chi connectivity index (χ3v) is 5.16. The summed E-state index contributed by atoms with van der Waals surface area (Å²) >= 11 is 0. The lowest BCUT2D eigenvalue weighted by Gasteiger charge is -2.38. The van der Waals surface area contributed by atoms with Crippen molar-refractivity contribution in [1.29, 1.82) is 0 Å².